The number of ether oxygens (including phenoxy) is 2. The molecule has 2 aromatic heterocycles. The van der Waals surface area contributed by atoms with Crippen LogP contribution in [0.25, 0.3) is 11.3 Å². The summed E-state index contributed by atoms with van der Waals surface area (Å²) in [4.78, 5) is 30.6. The number of hydrogen-bond acceptors (Lipinski definition) is 7. The first-order chi connectivity index (χ1) is 14.6. The highest BCUT2D eigenvalue weighted by molar-refractivity contribution is 7.15. The van der Waals surface area contributed by atoms with E-state index in [1.54, 1.807) is 38.5 Å². The molecule has 156 valence electrons. The maximum Gasteiger partial charge on any atom is 0.267 e. The van der Waals surface area contributed by atoms with E-state index in [0.29, 0.717) is 27.9 Å². The minimum atomic E-state index is -0.366. The number of hydrogen-bond donors (Lipinski definition) is 1. The lowest BCUT2D eigenvalue weighted by Gasteiger charge is -2.11. The van der Waals surface area contributed by atoms with E-state index in [1.165, 1.54) is 22.3 Å². The average molecular weight is 426 g/mol. The third kappa shape index (κ3) is 4.20. The van der Waals surface area contributed by atoms with E-state index in [4.69, 9.17) is 9.47 Å². The number of carbonyl (C=O) groups excluding carboxylic acids is 1. The first kappa shape index (κ1) is 20.1. The number of amides is 1. The molecule has 0 fully saturated rings. The molecule has 1 N–H and O–H groups in total. The Morgan fingerprint density at radius 1 is 1.17 bits per heavy atom. The van der Waals surface area contributed by atoms with Crippen LogP contribution in [-0.2, 0) is 24.2 Å². The van der Waals surface area contributed by atoms with E-state index >= 15 is 0 Å². The van der Waals surface area contributed by atoms with E-state index < -0.39 is 0 Å². The fourth-order valence-corrected chi connectivity index (χ4v) is 4.49. The number of fused-ring (bicyclic) bond motifs is 1. The molecule has 0 aliphatic heterocycles. The van der Waals surface area contributed by atoms with Crippen LogP contribution in [0, 0.1) is 0 Å². The topological polar surface area (TPSA) is 95.3 Å². The molecule has 0 radical (unpaired) electrons. The summed E-state index contributed by atoms with van der Waals surface area (Å²) in [6.45, 7) is -0.205. The number of nitrogens with zero attached hydrogens (tertiary/aromatic N) is 3. The van der Waals surface area contributed by atoms with Gasteiger partial charge in [-0.25, -0.2) is 9.67 Å². The van der Waals surface area contributed by atoms with Crippen molar-refractivity contribution in [3.63, 3.8) is 0 Å². The van der Waals surface area contributed by atoms with Crippen molar-refractivity contribution in [3.8, 4) is 22.8 Å². The van der Waals surface area contributed by atoms with Crippen LogP contribution in [0.2, 0.25) is 0 Å². The third-order valence-corrected chi connectivity index (χ3v) is 6.01. The molecule has 8 nitrogen and oxygen atoms in total. The van der Waals surface area contributed by atoms with Crippen LogP contribution in [-0.4, -0.2) is 34.9 Å². The van der Waals surface area contributed by atoms with Crippen LogP contribution in [0.5, 0.6) is 11.5 Å². The second kappa shape index (κ2) is 8.66. The molecular weight excluding hydrogens is 404 g/mol. The van der Waals surface area contributed by atoms with Crippen LogP contribution in [0.1, 0.15) is 23.4 Å². The van der Waals surface area contributed by atoms with Crippen molar-refractivity contribution >= 4 is 22.4 Å². The van der Waals surface area contributed by atoms with Crippen molar-refractivity contribution in [2.75, 3.05) is 19.5 Å². The number of carbonyl (C=O) groups is 1. The van der Waals surface area contributed by atoms with Gasteiger partial charge in [0.25, 0.3) is 5.56 Å². The summed E-state index contributed by atoms with van der Waals surface area (Å²) in [6, 6.07) is 8.30. The van der Waals surface area contributed by atoms with Crippen molar-refractivity contribution in [2.24, 2.45) is 0 Å². The highest BCUT2D eigenvalue weighted by Crippen LogP contribution is 2.32. The lowest BCUT2D eigenvalue weighted by molar-refractivity contribution is -0.117. The second-order valence-electron chi connectivity index (χ2n) is 6.92. The molecule has 9 heteroatoms. The van der Waals surface area contributed by atoms with Crippen LogP contribution >= 0.6 is 11.3 Å². The minimum absolute atomic E-state index is 0.205. The van der Waals surface area contributed by atoms with Gasteiger partial charge in [0.15, 0.2) is 5.13 Å². The van der Waals surface area contributed by atoms with E-state index in [1.807, 2.05) is 0 Å². The van der Waals surface area contributed by atoms with Crippen LogP contribution in [0.3, 0.4) is 0 Å². The smallest absolute Gasteiger partial charge is 0.267 e. The highest BCUT2D eigenvalue weighted by Gasteiger charge is 2.17. The predicted molar refractivity (Wildman–Crippen MR) is 114 cm³/mol. The van der Waals surface area contributed by atoms with E-state index in [-0.39, 0.29) is 18.0 Å². The summed E-state index contributed by atoms with van der Waals surface area (Å²) in [5.74, 6) is 0.882. The molecule has 0 atom stereocenters. The number of thiazole rings is 1. The van der Waals surface area contributed by atoms with Gasteiger partial charge in [0, 0.05) is 16.5 Å². The summed E-state index contributed by atoms with van der Waals surface area (Å²) in [5, 5.41) is 7.74. The van der Waals surface area contributed by atoms with Gasteiger partial charge in [0.05, 0.1) is 25.6 Å². The molecule has 0 unspecified atom stereocenters. The summed E-state index contributed by atoms with van der Waals surface area (Å²) < 4.78 is 11.8. The summed E-state index contributed by atoms with van der Waals surface area (Å²) in [7, 11) is 3.13. The number of rotatable bonds is 6. The lowest BCUT2D eigenvalue weighted by Crippen LogP contribution is -2.29. The van der Waals surface area contributed by atoms with Crippen molar-refractivity contribution < 1.29 is 14.3 Å². The molecule has 0 saturated carbocycles. The minimum Gasteiger partial charge on any atom is -0.497 e. The Morgan fingerprint density at radius 3 is 2.77 bits per heavy atom. The SMILES string of the molecule is COc1ccc(OC)c(-c2ccc(=O)n(CC(=O)Nc3nc4c(s3)CCCC4)n2)c1. The normalized spacial score (nSPS) is 12.9. The summed E-state index contributed by atoms with van der Waals surface area (Å²) in [5.41, 5.74) is 1.87. The monoisotopic (exact) mass is 426 g/mol. The maximum atomic E-state index is 12.5. The van der Waals surface area contributed by atoms with Crippen LogP contribution in [0.4, 0.5) is 5.13 Å². The Labute approximate surface area is 177 Å². The van der Waals surface area contributed by atoms with Gasteiger partial charge in [-0.2, -0.15) is 5.10 Å². The first-order valence-corrected chi connectivity index (χ1v) is 10.5. The summed E-state index contributed by atoms with van der Waals surface area (Å²) >= 11 is 1.51. The predicted octanol–water partition coefficient (Wildman–Crippen LogP) is 2.90. The highest BCUT2D eigenvalue weighted by atomic mass is 32.1. The van der Waals surface area contributed by atoms with Crippen LogP contribution < -0.4 is 20.3 Å². The lowest BCUT2D eigenvalue weighted by atomic mass is 10.0. The van der Waals surface area contributed by atoms with Gasteiger partial charge in [-0.3, -0.25) is 9.59 Å². The number of aryl methyl sites for hydroxylation is 2. The fraction of sp³-hybridized carbons (Fsp3) is 0.333. The average Bonchev–Trinajstić information content (AvgIpc) is 3.17. The molecule has 30 heavy (non-hydrogen) atoms. The fourth-order valence-electron chi connectivity index (χ4n) is 3.42. The Bertz CT molecular complexity index is 1110. The molecule has 1 amide bonds. The number of anilines is 1. The van der Waals surface area contributed by atoms with Crippen molar-refractivity contribution in [3.05, 3.63) is 51.3 Å². The van der Waals surface area contributed by atoms with Gasteiger partial charge in [-0.1, -0.05) is 0 Å². The zero-order chi connectivity index (χ0) is 21.1. The molecule has 0 saturated heterocycles. The first-order valence-electron chi connectivity index (χ1n) is 9.66. The van der Waals surface area contributed by atoms with Crippen molar-refractivity contribution in [1.29, 1.82) is 0 Å². The number of benzene rings is 1. The Kier molecular flexibility index (Phi) is 5.80. The van der Waals surface area contributed by atoms with Gasteiger partial charge in [0.1, 0.15) is 18.0 Å². The van der Waals surface area contributed by atoms with Crippen molar-refractivity contribution in [1.82, 2.24) is 14.8 Å². The number of aromatic nitrogens is 3. The molecule has 0 bridgehead atoms. The Balaban J connectivity index is 1.56. The Morgan fingerprint density at radius 2 is 2.00 bits per heavy atom. The molecule has 1 aliphatic rings. The van der Waals surface area contributed by atoms with E-state index in [9.17, 15) is 9.59 Å². The van der Waals surface area contributed by atoms with Crippen LogP contribution in [0.15, 0.2) is 35.1 Å². The molecule has 3 aromatic rings. The Hall–Kier alpha value is -3.20. The van der Waals surface area contributed by atoms with E-state index in [2.05, 4.69) is 15.4 Å². The molecule has 1 aromatic carbocycles. The standard InChI is InChI=1S/C21H22N4O4S/c1-28-13-7-9-17(29-2)14(11-13)15-8-10-20(27)25(24-15)12-19(26)23-21-22-16-5-3-4-6-18(16)30-21/h7-11H,3-6,12H2,1-2H3,(H,22,23,26). The molecular formula is C21H22N4O4S. The van der Waals surface area contributed by atoms with Gasteiger partial charge in [-0.05, 0) is 49.9 Å². The number of methoxy groups -OCH3 is 2. The molecule has 1 aliphatic carbocycles. The maximum absolute atomic E-state index is 12.5. The van der Waals surface area contributed by atoms with Gasteiger partial charge >= 0.3 is 0 Å². The molecule has 2 heterocycles. The van der Waals surface area contributed by atoms with E-state index in [0.717, 1.165) is 36.1 Å². The number of nitrogens with one attached hydrogen (secondary N) is 1. The zero-order valence-corrected chi connectivity index (χ0v) is 17.6. The third-order valence-electron chi connectivity index (χ3n) is 4.93. The van der Waals surface area contributed by atoms with Crippen molar-refractivity contribution in [2.45, 2.75) is 32.2 Å². The largest absolute Gasteiger partial charge is 0.497 e. The van der Waals surface area contributed by atoms with Gasteiger partial charge in [-0.15, -0.1) is 11.3 Å². The molecule has 4 rings (SSSR count). The zero-order valence-electron chi connectivity index (χ0n) is 16.8. The van der Waals surface area contributed by atoms with Gasteiger partial charge < -0.3 is 14.8 Å². The summed E-state index contributed by atoms with van der Waals surface area (Å²) in [6.07, 6.45) is 4.24. The molecule has 0 spiro atoms. The van der Waals surface area contributed by atoms with Gasteiger partial charge in [0.2, 0.25) is 5.91 Å². The second-order valence-corrected chi connectivity index (χ2v) is 8.01. The quantitative estimate of drug-likeness (QED) is 0.651.